The molecule has 4 unspecified atom stereocenters. The van der Waals surface area contributed by atoms with Crippen molar-refractivity contribution in [3.05, 3.63) is 36.0 Å². The van der Waals surface area contributed by atoms with Crippen LogP contribution in [0.15, 0.2) is 30.5 Å². The molecule has 0 saturated heterocycles. The third-order valence-corrected chi connectivity index (χ3v) is 7.09. The lowest BCUT2D eigenvalue weighted by Gasteiger charge is -2.24. The molecule has 1 aromatic heterocycles. The van der Waals surface area contributed by atoms with Crippen LogP contribution in [-0.2, 0) is 25.6 Å². The number of carboxylic acid groups (broad SMARTS) is 1. The second-order valence-corrected chi connectivity index (χ2v) is 10.3. The van der Waals surface area contributed by atoms with Gasteiger partial charge in [0.25, 0.3) is 0 Å². The summed E-state index contributed by atoms with van der Waals surface area (Å²) in [6, 6.07) is 3.44. The van der Waals surface area contributed by atoms with Crippen LogP contribution >= 0.6 is 24.4 Å². The number of carbonyl (C=O) groups excluding carboxylic acids is 3. The highest BCUT2D eigenvalue weighted by Crippen LogP contribution is 2.19. The number of carbonyl (C=O) groups is 4. The number of H-pyrrole nitrogens is 1. The molecule has 0 aliphatic heterocycles. The molecule has 9 N–H and O–H groups in total. The smallest absolute Gasteiger partial charge is 0.326 e. The first-order chi connectivity index (χ1) is 18.2. The molecule has 0 aliphatic rings. The van der Waals surface area contributed by atoms with Crippen LogP contribution < -0.4 is 27.4 Å². The van der Waals surface area contributed by atoms with Crippen molar-refractivity contribution in [2.75, 3.05) is 24.3 Å². The lowest BCUT2D eigenvalue weighted by atomic mass is 10.0. The van der Waals surface area contributed by atoms with Crippen LogP contribution in [0, 0.1) is 0 Å². The molecule has 2 rings (SSSR count). The third-order valence-electron chi connectivity index (χ3n) is 6.08. The predicted molar refractivity (Wildman–Crippen MR) is 153 cm³/mol. The maximum absolute atomic E-state index is 13.3. The van der Waals surface area contributed by atoms with Gasteiger partial charge in [-0.05, 0) is 55.9 Å². The number of amides is 3. The molecule has 4 atom stereocenters. The minimum Gasteiger partial charge on any atom is -0.480 e. The van der Waals surface area contributed by atoms with E-state index in [1.165, 1.54) is 0 Å². The van der Waals surface area contributed by atoms with Crippen LogP contribution in [0.3, 0.4) is 0 Å². The summed E-state index contributed by atoms with van der Waals surface area (Å²) in [5.74, 6) is -2.27. The highest BCUT2D eigenvalue weighted by Gasteiger charge is 2.30. The van der Waals surface area contributed by atoms with Crippen molar-refractivity contribution in [2.24, 2.45) is 11.5 Å². The van der Waals surface area contributed by atoms with Gasteiger partial charge in [-0.15, -0.1) is 0 Å². The number of aromatic amines is 1. The second kappa shape index (κ2) is 16.3. The Labute approximate surface area is 232 Å². The van der Waals surface area contributed by atoms with Gasteiger partial charge in [0.05, 0.1) is 6.04 Å². The number of benzene rings is 1. The number of rotatable bonds is 17. The van der Waals surface area contributed by atoms with E-state index in [1.807, 2.05) is 30.5 Å². The van der Waals surface area contributed by atoms with Gasteiger partial charge in [-0.25, -0.2) is 4.79 Å². The highest BCUT2D eigenvalue weighted by molar-refractivity contribution is 7.98. The number of thioether (sulfide) groups is 1. The summed E-state index contributed by atoms with van der Waals surface area (Å²) < 4.78 is 0. The van der Waals surface area contributed by atoms with Gasteiger partial charge in [-0.2, -0.15) is 24.4 Å². The number of thiol groups is 1. The number of nitrogens with one attached hydrogen (secondary N) is 4. The average Bonchev–Trinajstić information content (AvgIpc) is 3.31. The Morgan fingerprint density at radius 1 is 1.00 bits per heavy atom. The molecule has 2 aromatic rings. The van der Waals surface area contributed by atoms with E-state index < -0.39 is 47.9 Å². The van der Waals surface area contributed by atoms with Gasteiger partial charge in [-0.3, -0.25) is 14.4 Å². The van der Waals surface area contributed by atoms with Crippen molar-refractivity contribution in [1.82, 2.24) is 20.9 Å². The molecule has 3 amide bonds. The molecule has 0 aliphatic carbocycles. The Bertz CT molecular complexity index is 1080. The number of carboxylic acids is 1. The summed E-state index contributed by atoms with van der Waals surface area (Å²) in [6.07, 6.45) is 5.54. The summed E-state index contributed by atoms with van der Waals surface area (Å²) in [7, 11) is 0. The number of nitrogens with two attached hydrogens (primary N) is 2. The zero-order valence-corrected chi connectivity index (χ0v) is 23.2. The summed E-state index contributed by atoms with van der Waals surface area (Å²) in [4.78, 5) is 53.8. The Hall–Kier alpha value is -2.74. The Kier molecular flexibility index (Phi) is 13.5. The number of unbranched alkanes of at least 4 members (excludes halogenated alkanes) is 1. The molecule has 13 heteroatoms. The minimum absolute atomic E-state index is 0.0227. The molecular formula is C25H38N6O5S2. The van der Waals surface area contributed by atoms with Gasteiger partial charge >= 0.3 is 5.97 Å². The monoisotopic (exact) mass is 566 g/mol. The summed E-state index contributed by atoms with van der Waals surface area (Å²) in [5, 5.41) is 18.3. The number of fused-ring (bicyclic) bond motifs is 1. The highest BCUT2D eigenvalue weighted by atomic mass is 32.2. The van der Waals surface area contributed by atoms with Gasteiger partial charge in [0.15, 0.2) is 0 Å². The van der Waals surface area contributed by atoms with Gasteiger partial charge in [0.1, 0.15) is 18.1 Å². The van der Waals surface area contributed by atoms with E-state index in [0.717, 1.165) is 16.5 Å². The van der Waals surface area contributed by atoms with E-state index in [2.05, 4.69) is 33.6 Å². The summed E-state index contributed by atoms with van der Waals surface area (Å²) >= 11 is 5.75. The lowest BCUT2D eigenvalue weighted by Crippen LogP contribution is -2.58. The van der Waals surface area contributed by atoms with Gasteiger partial charge in [0.2, 0.25) is 17.7 Å². The van der Waals surface area contributed by atoms with Crippen LogP contribution in [-0.4, -0.2) is 82.3 Å². The number of hydrogen-bond donors (Lipinski definition) is 8. The van der Waals surface area contributed by atoms with Crippen LogP contribution in [0.25, 0.3) is 10.9 Å². The Morgan fingerprint density at radius 2 is 1.66 bits per heavy atom. The van der Waals surface area contributed by atoms with Crippen molar-refractivity contribution in [2.45, 2.75) is 56.3 Å². The van der Waals surface area contributed by atoms with Crippen molar-refractivity contribution in [3.63, 3.8) is 0 Å². The van der Waals surface area contributed by atoms with Crippen molar-refractivity contribution >= 4 is 59.0 Å². The SMILES string of the molecule is CSCCC(N)C(=O)NC(CS)C(=O)NC(Cc1c[nH]c2ccccc12)C(=O)NC(CCCCN)C(=O)O. The molecule has 1 heterocycles. The van der Waals surface area contributed by atoms with Crippen LogP contribution in [0.1, 0.15) is 31.2 Å². The first-order valence-electron chi connectivity index (χ1n) is 12.5. The number of para-hydroxylation sites is 1. The van der Waals surface area contributed by atoms with E-state index in [-0.39, 0.29) is 18.6 Å². The van der Waals surface area contributed by atoms with Gasteiger partial charge in [0, 0.05) is 29.3 Å². The zero-order chi connectivity index (χ0) is 28.1. The fraction of sp³-hybridized carbons (Fsp3) is 0.520. The molecule has 0 fully saturated rings. The average molecular weight is 567 g/mol. The number of aromatic nitrogens is 1. The number of hydrogen-bond acceptors (Lipinski definition) is 8. The standard InChI is InChI=1S/C25H38N6O5S2/c1-38-11-9-17(27)22(32)31-21(14-37)24(34)30-20(12-15-13-28-18-7-3-2-6-16(15)18)23(33)29-19(25(35)36)8-4-5-10-26/h2-3,6-7,13,17,19-21,28,37H,4-5,8-12,14,26-27H2,1H3,(H,29,33)(H,30,34)(H,31,32)(H,35,36). The normalized spacial score (nSPS) is 14.3. The Morgan fingerprint density at radius 3 is 2.32 bits per heavy atom. The fourth-order valence-corrected chi connectivity index (χ4v) is 4.62. The van der Waals surface area contributed by atoms with Crippen LogP contribution in [0.4, 0.5) is 0 Å². The topological polar surface area (TPSA) is 192 Å². The van der Waals surface area contributed by atoms with E-state index in [1.54, 1.807) is 18.0 Å². The first-order valence-corrected chi connectivity index (χ1v) is 14.5. The molecule has 210 valence electrons. The maximum atomic E-state index is 13.3. The van der Waals surface area contributed by atoms with Crippen molar-refractivity contribution in [1.29, 1.82) is 0 Å². The zero-order valence-electron chi connectivity index (χ0n) is 21.4. The number of aliphatic carboxylic acids is 1. The van der Waals surface area contributed by atoms with Crippen LogP contribution in [0.2, 0.25) is 0 Å². The molecule has 1 aromatic carbocycles. The maximum Gasteiger partial charge on any atom is 0.326 e. The van der Waals surface area contributed by atoms with Gasteiger partial charge in [-0.1, -0.05) is 18.2 Å². The lowest BCUT2D eigenvalue weighted by molar-refractivity contribution is -0.142. The van der Waals surface area contributed by atoms with E-state index in [0.29, 0.717) is 31.6 Å². The molecule has 0 radical (unpaired) electrons. The molecule has 0 saturated carbocycles. The summed E-state index contributed by atoms with van der Waals surface area (Å²) in [5.41, 5.74) is 13.0. The quantitative estimate of drug-likeness (QED) is 0.0995. The van der Waals surface area contributed by atoms with Crippen LogP contribution in [0.5, 0.6) is 0 Å². The summed E-state index contributed by atoms with van der Waals surface area (Å²) in [6.45, 7) is 0.414. The largest absolute Gasteiger partial charge is 0.480 e. The first kappa shape index (κ1) is 31.5. The molecule has 0 spiro atoms. The fourth-order valence-electron chi connectivity index (χ4n) is 3.87. The Balaban J connectivity index is 2.22. The van der Waals surface area contributed by atoms with E-state index in [9.17, 15) is 24.3 Å². The predicted octanol–water partition coefficient (Wildman–Crippen LogP) is 0.389. The van der Waals surface area contributed by atoms with Crippen molar-refractivity contribution in [3.8, 4) is 0 Å². The molecule has 0 bridgehead atoms. The van der Waals surface area contributed by atoms with E-state index >= 15 is 0 Å². The molecule has 11 nitrogen and oxygen atoms in total. The van der Waals surface area contributed by atoms with E-state index in [4.69, 9.17) is 11.5 Å². The van der Waals surface area contributed by atoms with Crippen molar-refractivity contribution < 1.29 is 24.3 Å². The third kappa shape index (κ3) is 9.53. The second-order valence-electron chi connectivity index (χ2n) is 8.94. The van der Waals surface area contributed by atoms with Gasteiger partial charge < -0.3 is 37.5 Å². The molecule has 38 heavy (non-hydrogen) atoms. The minimum atomic E-state index is -1.17. The molecular weight excluding hydrogens is 528 g/mol.